The van der Waals surface area contributed by atoms with Crippen molar-refractivity contribution in [3.8, 4) is 0 Å². The number of pyridine rings is 1. The van der Waals surface area contributed by atoms with Gasteiger partial charge in [0.25, 0.3) is 0 Å². The molecule has 160 valence electrons. The Balaban J connectivity index is 1.69. The zero-order valence-corrected chi connectivity index (χ0v) is 17.7. The van der Waals surface area contributed by atoms with Crippen LogP contribution in [0.3, 0.4) is 0 Å². The molecule has 0 aromatic carbocycles. The molecule has 30 heavy (non-hydrogen) atoms. The molecule has 3 aromatic rings. The number of rotatable bonds is 7. The van der Waals surface area contributed by atoms with Gasteiger partial charge in [-0.15, -0.1) is 0 Å². The molecule has 4 rings (SSSR count). The summed E-state index contributed by atoms with van der Waals surface area (Å²) in [6, 6.07) is 5.79. The van der Waals surface area contributed by atoms with E-state index in [0.717, 1.165) is 60.6 Å². The fourth-order valence-corrected chi connectivity index (χ4v) is 4.22. The number of aromatic nitrogens is 4. The van der Waals surface area contributed by atoms with Crippen molar-refractivity contribution in [1.82, 2.24) is 19.2 Å². The molecule has 8 heteroatoms. The lowest BCUT2D eigenvalue weighted by atomic mass is 9.99. The van der Waals surface area contributed by atoms with Crippen LogP contribution in [0, 0.1) is 0 Å². The van der Waals surface area contributed by atoms with Crippen molar-refractivity contribution in [2.75, 3.05) is 23.4 Å². The predicted octanol–water partition coefficient (Wildman–Crippen LogP) is 2.34. The van der Waals surface area contributed by atoms with Crippen LogP contribution in [0.15, 0.2) is 35.4 Å². The zero-order chi connectivity index (χ0) is 21.1. The maximum atomic E-state index is 11.7. The van der Waals surface area contributed by atoms with Gasteiger partial charge in [-0.2, -0.15) is 9.61 Å². The van der Waals surface area contributed by atoms with Crippen LogP contribution in [0.25, 0.3) is 5.65 Å². The number of aryl methyl sites for hydroxylation is 2. The van der Waals surface area contributed by atoms with Gasteiger partial charge in [0, 0.05) is 56.7 Å². The van der Waals surface area contributed by atoms with E-state index in [0.29, 0.717) is 12.6 Å². The van der Waals surface area contributed by atoms with Crippen molar-refractivity contribution >= 4 is 17.3 Å². The number of aliphatic hydroxyl groups excluding tert-OH is 1. The van der Waals surface area contributed by atoms with Crippen LogP contribution in [0.1, 0.15) is 43.7 Å². The minimum atomic E-state index is -0.0213. The molecule has 0 radical (unpaired) electrons. The van der Waals surface area contributed by atoms with Crippen molar-refractivity contribution in [1.29, 1.82) is 0 Å². The van der Waals surface area contributed by atoms with Crippen molar-refractivity contribution in [2.45, 2.75) is 51.6 Å². The second kappa shape index (κ2) is 8.87. The van der Waals surface area contributed by atoms with Crippen LogP contribution < -0.4 is 15.8 Å². The topological polar surface area (TPSA) is 87.7 Å². The van der Waals surface area contributed by atoms with Crippen LogP contribution in [0.4, 0.5) is 11.6 Å². The smallest absolute Gasteiger partial charge is 0.250 e. The van der Waals surface area contributed by atoms with Gasteiger partial charge in [-0.25, -0.2) is 4.98 Å². The molecule has 0 bridgehead atoms. The summed E-state index contributed by atoms with van der Waals surface area (Å²) in [6.07, 6.45) is 8.74. The number of nitrogens with zero attached hydrogens (tertiary/aromatic N) is 5. The highest BCUT2D eigenvalue weighted by Crippen LogP contribution is 2.29. The number of fused-ring (bicyclic) bond motifs is 1. The number of piperidine rings is 1. The van der Waals surface area contributed by atoms with Crippen LogP contribution in [0.5, 0.6) is 0 Å². The molecule has 2 N–H and O–H groups in total. The highest BCUT2D eigenvalue weighted by atomic mass is 16.3. The lowest BCUT2D eigenvalue weighted by Crippen LogP contribution is -2.40. The standard InChI is InChI=1S/C22H30N6O2/c1-3-17-14-24-28-19(23-13-16-7-8-21(30)26(2)15-16)12-20(25-22(17)28)27-10-5-4-6-18(27)9-11-29/h7-8,12,14-15,18,23,29H,3-6,9-11,13H2,1-2H3. The van der Waals surface area contributed by atoms with Gasteiger partial charge in [0.1, 0.15) is 11.6 Å². The first-order valence-electron chi connectivity index (χ1n) is 10.7. The van der Waals surface area contributed by atoms with Crippen molar-refractivity contribution < 1.29 is 5.11 Å². The average Bonchev–Trinajstić information content (AvgIpc) is 3.18. The van der Waals surface area contributed by atoms with Crippen LogP contribution in [0.2, 0.25) is 0 Å². The molecule has 4 heterocycles. The van der Waals surface area contributed by atoms with Gasteiger partial charge in [-0.1, -0.05) is 13.0 Å². The molecule has 1 aliphatic heterocycles. The van der Waals surface area contributed by atoms with Gasteiger partial charge < -0.3 is 19.9 Å². The third kappa shape index (κ3) is 4.05. The molecule has 1 atom stereocenters. The molecule has 1 aliphatic rings. The van der Waals surface area contributed by atoms with E-state index in [9.17, 15) is 9.90 Å². The summed E-state index contributed by atoms with van der Waals surface area (Å²) in [6.45, 7) is 3.82. The van der Waals surface area contributed by atoms with Crippen molar-refractivity contribution in [3.63, 3.8) is 0 Å². The van der Waals surface area contributed by atoms with Gasteiger partial charge in [0.15, 0.2) is 5.65 Å². The van der Waals surface area contributed by atoms with Crippen molar-refractivity contribution in [3.05, 3.63) is 52.1 Å². The molecule has 0 amide bonds. The largest absolute Gasteiger partial charge is 0.396 e. The quantitative estimate of drug-likeness (QED) is 0.622. The third-order valence-electron chi connectivity index (χ3n) is 5.92. The molecular formula is C22H30N6O2. The summed E-state index contributed by atoms with van der Waals surface area (Å²) in [5.41, 5.74) is 2.97. The fraction of sp³-hybridized carbons (Fsp3) is 0.500. The van der Waals surface area contributed by atoms with Gasteiger partial charge in [0.2, 0.25) is 5.56 Å². The van der Waals surface area contributed by atoms with Crippen molar-refractivity contribution in [2.24, 2.45) is 7.05 Å². The lowest BCUT2D eigenvalue weighted by Gasteiger charge is -2.36. The summed E-state index contributed by atoms with van der Waals surface area (Å²) in [4.78, 5) is 19.0. The Kier molecular flexibility index (Phi) is 6.03. The molecule has 0 saturated carbocycles. The van der Waals surface area contributed by atoms with E-state index in [2.05, 4.69) is 28.3 Å². The van der Waals surface area contributed by atoms with Gasteiger partial charge >= 0.3 is 0 Å². The Bertz CT molecular complexity index is 1070. The molecule has 0 aliphatic carbocycles. The predicted molar refractivity (Wildman–Crippen MR) is 118 cm³/mol. The van der Waals surface area contributed by atoms with E-state index < -0.39 is 0 Å². The normalized spacial score (nSPS) is 16.9. The molecular weight excluding hydrogens is 380 g/mol. The first-order chi connectivity index (χ1) is 14.6. The van der Waals surface area contributed by atoms with Crippen LogP contribution in [-0.2, 0) is 20.0 Å². The van der Waals surface area contributed by atoms with E-state index in [1.54, 1.807) is 17.7 Å². The summed E-state index contributed by atoms with van der Waals surface area (Å²) >= 11 is 0. The molecule has 3 aromatic heterocycles. The lowest BCUT2D eigenvalue weighted by molar-refractivity contribution is 0.262. The Morgan fingerprint density at radius 3 is 2.93 bits per heavy atom. The first kappa shape index (κ1) is 20.4. The Morgan fingerprint density at radius 1 is 1.30 bits per heavy atom. The number of nitrogens with one attached hydrogen (secondary N) is 1. The molecule has 8 nitrogen and oxygen atoms in total. The zero-order valence-electron chi connectivity index (χ0n) is 17.7. The van der Waals surface area contributed by atoms with E-state index in [1.165, 1.54) is 6.42 Å². The summed E-state index contributed by atoms with van der Waals surface area (Å²) in [5, 5.41) is 17.5. The van der Waals surface area contributed by atoms with Crippen LogP contribution >= 0.6 is 0 Å². The summed E-state index contributed by atoms with van der Waals surface area (Å²) < 4.78 is 3.44. The number of hydrogen-bond donors (Lipinski definition) is 2. The number of anilines is 2. The van der Waals surface area contributed by atoms with Gasteiger partial charge in [-0.3, -0.25) is 4.79 Å². The molecule has 1 fully saturated rings. The Labute approximate surface area is 176 Å². The van der Waals surface area contributed by atoms with Gasteiger partial charge in [0.05, 0.1) is 6.20 Å². The maximum absolute atomic E-state index is 11.7. The minimum absolute atomic E-state index is 0.0213. The molecule has 1 unspecified atom stereocenters. The van der Waals surface area contributed by atoms with E-state index in [-0.39, 0.29) is 12.2 Å². The second-order valence-electron chi connectivity index (χ2n) is 7.95. The fourth-order valence-electron chi connectivity index (χ4n) is 4.22. The summed E-state index contributed by atoms with van der Waals surface area (Å²) in [7, 11) is 1.76. The monoisotopic (exact) mass is 410 g/mol. The van der Waals surface area contributed by atoms with Gasteiger partial charge in [-0.05, 0) is 37.7 Å². The molecule has 0 spiro atoms. The van der Waals surface area contributed by atoms with E-state index >= 15 is 0 Å². The van der Waals surface area contributed by atoms with E-state index in [1.807, 2.05) is 23.0 Å². The Morgan fingerprint density at radius 2 is 2.17 bits per heavy atom. The van der Waals surface area contributed by atoms with E-state index in [4.69, 9.17) is 4.98 Å². The van der Waals surface area contributed by atoms with Crippen LogP contribution in [-0.4, -0.2) is 43.5 Å². The average molecular weight is 411 g/mol. The second-order valence-corrected chi connectivity index (χ2v) is 7.95. The molecule has 1 saturated heterocycles. The first-order valence-corrected chi connectivity index (χ1v) is 10.7. The SMILES string of the molecule is CCc1cnn2c(NCc3ccc(=O)n(C)c3)cc(N3CCCCC3CCO)nc12. The third-order valence-corrected chi connectivity index (χ3v) is 5.92. The maximum Gasteiger partial charge on any atom is 0.250 e. The highest BCUT2D eigenvalue weighted by Gasteiger charge is 2.24. The Hall–Kier alpha value is -2.87. The summed E-state index contributed by atoms with van der Waals surface area (Å²) in [5.74, 6) is 1.80. The number of hydrogen-bond acceptors (Lipinski definition) is 6. The number of aliphatic hydroxyl groups is 1. The highest BCUT2D eigenvalue weighted by molar-refractivity contribution is 5.61. The minimum Gasteiger partial charge on any atom is -0.396 e.